The van der Waals surface area contributed by atoms with Crippen LogP contribution < -0.4 is 14.8 Å². The Kier molecular flexibility index (Phi) is 6.96. The van der Waals surface area contributed by atoms with Crippen LogP contribution in [0.5, 0.6) is 11.5 Å². The molecule has 0 unspecified atom stereocenters. The molecule has 33 heavy (non-hydrogen) atoms. The molecule has 0 spiro atoms. The zero-order valence-electron chi connectivity index (χ0n) is 16.6. The van der Waals surface area contributed by atoms with Crippen molar-refractivity contribution in [3.05, 3.63) is 18.2 Å². The summed E-state index contributed by atoms with van der Waals surface area (Å²) in [6.45, 7) is -3.56. The van der Waals surface area contributed by atoms with Crippen molar-refractivity contribution in [2.45, 2.75) is 43.6 Å². The number of carbonyl (C=O) groups is 2. The first-order valence-corrected chi connectivity index (χ1v) is 9.59. The fraction of sp³-hybridized carbons (Fsp3) is 0.579. The van der Waals surface area contributed by atoms with Gasteiger partial charge < -0.3 is 24.6 Å². The summed E-state index contributed by atoms with van der Waals surface area (Å²) in [7, 11) is 0. The van der Waals surface area contributed by atoms with Gasteiger partial charge in [0.25, 0.3) is 0 Å². The van der Waals surface area contributed by atoms with Crippen LogP contribution in [0, 0.1) is 11.8 Å². The number of hydrogen-bond acceptors (Lipinski definition) is 5. The van der Waals surface area contributed by atoms with E-state index in [1.807, 2.05) is 0 Å². The van der Waals surface area contributed by atoms with Crippen molar-refractivity contribution in [3.8, 4) is 11.5 Å². The number of hydrogen-bond donors (Lipinski definition) is 2. The van der Waals surface area contributed by atoms with Crippen molar-refractivity contribution in [2.75, 3.05) is 18.5 Å². The maximum absolute atomic E-state index is 13.2. The fourth-order valence-electron chi connectivity index (χ4n) is 3.77. The molecule has 1 aromatic rings. The third-order valence-corrected chi connectivity index (χ3v) is 5.16. The molecule has 4 atom stereocenters. The number of alkyl halides is 7. The molecule has 1 aromatic carbocycles. The SMILES string of the molecule is O=C(O)[C@@H]1[C@H](C(=O)Nc2cc(OCC(F)(F)F)cc(OCC(F)(F)C(F)F)c2)[C@H]2CC[C@@H]1O2. The topological polar surface area (TPSA) is 94.1 Å². The first-order chi connectivity index (χ1) is 15.3. The average Bonchev–Trinajstić information content (AvgIpc) is 3.32. The minimum absolute atomic E-state index is 0.276. The Hall–Kier alpha value is -2.77. The minimum atomic E-state index is -4.75. The lowest BCUT2D eigenvalue weighted by molar-refractivity contribution is -0.153. The molecular formula is C19H18F7NO6. The molecule has 0 aliphatic carbocycles. The summed E-state index contributed by atoms with van der Waals surface area (Å²) in [6.07, 6.45) is -9.27. The van der Waals surface area contributed by atoms with Gasteiger partial charge in [-0.05, 0) is 12.8 Å². The summed E-state index contributed by atoms with van der Waals surface area (Å²) >= 11 is 0. The van der Waals surface area contributed by atoms with Crippen LogP contribution in [-0.4, -0.2) is 60.9 Å². The molecule has 14 heteroatoms. The Balaban J connectivity index is 1.80. The van der Waals surface area contributed by atoms with Crippen LogP contribution in [0.25, 0.3) is 0 Å². The Morgan fingerprint density at radius 3 is 2.06 bits per heavy atom. The lowest BCUT2D eigenvalue weighted by atomic mass is 9.78. The van der Waals surface area contributed by atoms with Crippen LogP contribution in [0.1, 0.15) is 12.8 Å². The van der Waals surface area contributed by atoms with Gasteiger partial charge in [-0.2, -0.15) is 22.0 Å². The van der Waals surface area contributed by atoms with Crippen LogP contribution in [-0.2, 0) is 14.3 Å². The van der Waals surface area contributed by atoms with E-state index in [0.717, 1.165) is 18.2 Å². The molecule has 1 amide bonds. The Morgan fingerprint density at radius 2 is 1.55 bits per heavy atom. The second kappa shape index (κ2) is 9.23. The number of carboxylic acids is 1. The number of nitrogens with one attached hydrogen (secondary N) is 1. The molecule has 7 nitrogen and oxygen atoms in total. The second-order valence-electron chi connectivity index (χ2n) is 7.62. The number of ether oxygens (including phenoxy) is 3. The van der Waals surface area contributed by atoms with E-state index < -0.39 is 79.2 Å². The summed E-state index contributed by atoms with van der Waals surface area (Å²) in [6, 6.07) is 2.58. The van der Waals surface area contributed by atoms with E-state index in [1.54, 1.807) is 0 Å². The van der Waals surface area contributed by atoms with Crippen LogP contribution >= 0.6 is 0 Å². The van der Waals surface area contributed by atoms with Crippen LogP contribution in [0.3, 0.4) is 0 Å². The zero-order valence-corrected chi connectivity index (χ0v) is 16.6. The molecule has 184 valence electrons. The maximum atomic E-state index is 13.2. The predicted molar refractivity (Wildman–Crippen MR) is 95.6 cm³/mol. The van der Waals surface area contributed by atoms with E-state index in [2.05, 4.69) is 14.8 Å². The Bertz CT molecular complexity index is 894. The van der Waals surface area contributed by atoms with Crippen molar-refractivity contribution in [1.29, 1.82) is 0 Å². The zero-order chi connectivity index (χ0) is 24.6. The Labute approximate surface area is 181 Å². The fourth-order valence-corrected chi connectivity index (χ4v) is 3.77. The number of aliphatic carboxylic acids is 1. The van der Waals surface area contributed by atoms with Crippen molar-refractivity contribution >= 4 is 17.6 Å². The smallest absolute Gasteiger partial charge is 0.422 e. The molecule has 3 rings (SSSR count). The Morgan fingerprint density at radius 1 is 1.00 bits per heavy atom. The maximum Gasteiger partial charge on any atom is 0.422 e. The molecule has 2 aliphatic rings. The molecule has 2 N–H and O–H groups in total. The van der Waals surface area contributed by atoms with Gasteiger partial charge in [0, 0.05) is 23.9 Å². The highest BCUT2D eigenvalue weighted by molar-refractivity contribution is 5.96. The van der Waals surface area contributed by atoms with E-state index in [0.29, 0.717) is 12.8 Å². The lowest BCUT2D eigenvalue weighted by Gasteiger charge is -2.24. The number of benzene rings is 1. The molecule has 0 saturated carbocycles. The normalized spacial score (nSPS) is 24.7. The summed E-state index contributed by atoms with van der Waals surface area (Å²) in [5, 5.41) is 11.7. The average molecular weight is 489 g/mol. The second-order valence-corrected chi connectivity index (χ2v) is 7.62. The van der Waals surface area contributed by atoms with Gasteiger partial charge in [0.15, 0.2) is 13.2 Å². The summed E-state index contributed by atoms with van der Waals surface area (Å²) in [5.41, 5.74) is -0.276. The van der Waals surface area contributed by atoms with E-state index in [9.17, 15) is 45.4 Å². The number of halogens is 7. The molecule has 2 fully saturated rings. The van der Waals surface area contributed by atoms with Gasteiger partial charge in [0.2, 0.25) is 5.91 Å². The number of amides is 1. The third-order valence-electron chi connectivity index (χ3n) is 5.16. The van der Waals surface area contributed by atoms with Gasteiger partial charge in [-0.15, -0.1) is 0 Å². The molecule has 2 saturated heterocycles. The van der Waals surface area contributed by atoms with E-state index in [1.165, 1.54) is 0 Å². The van der Waals surface area contributed by atoms with E-state index >= 15 is 0 Å². The van der Waals surface area contributed by atoms with Gasteiger partial charge in [-0.3, -0.25) is 9.59 Å². The van der Waals surface area contributed by atoms with Crippen LogP contribution in [0.15, 0.2) is 18.2 Å². The highest BCUT2D eigenvalue weighted by atomic mass is 19.4. The number of carboxylic acid groups (broad SMARTS) is 1. The number of carbonyl (C=O) groups excluding carboxylic acids is 1. The molecule has 2 aliphatic heterocycles. The van der Waals surface area contributed by atoms with Crippen molar-refractivity contribution < 1.29 is 59.6 Å². The first kappa shape index (κ1) is 24.9. The highest BCUT2D eigenvalue weighted by Gasteiger charge is 2.55. The summed E-state index contributed by atoms with van der Waals surface area (Å²) < 4.78 is 103. The molecular weight excluding hydrogens is 471 g/mol. The van der Waals surface area contributed by atoms with Gasteiger partial charge in [-0.1, -0.05) is 0 Å². The molecule has 2 heterocycles. The van der Waals surface area contributed by atoms with E-state index in [4.69, 9.17) is 4.74 Å². The number of rotatable bonds is 9. The molecule has 2 bridgehead atoms. The van der Waals surface area contributed by atoms with Crippen molar-refractivity contribution in [2.24, 2.45) is 11.8 Å². The standard InChI is InChI=1S/C19H18F7NO6/c20-17(21)18(22,23)6-31-9-3-8(4-10(5-9)32-7-19(24,25)26)27-15(28)13-11-1-2-12(33-11)14(13)16(29)30/h3-5,11-14,17H,1-2,6-7H2,(H,27,28)(H,29,30)/t11-,12+,13-,14+/m1/s1. The molecule has 0 aromatic heterocycles. The predicted octanol–water partition coefficient (Wildman–Crippen LogP) is 3.72. The largest absolute Gasteiger partial charge is 0.487 e. The first-order valence-electron chi connectivity index (χ1n) is 9.59. The third kappa shape index (κ3) is 5.97. The monoisotopic (exact) mass is 489 g/mol. The number of fused-ring (bicyclic) bond motifs is 2. The summed E-state index contributed by atoms with van der Waals surface area (Å²) in [5.74, 6) is -10.0. The van der Waals surface area contributed by atoms with Crippen LogP contribution in [0.4, 0.5) is 36.4 Å². The van der Waals surface area contributed by atoms with Gasteiger partial charge >= 0.3 is 24.5 Å². The van der Waals surface area contributed by atoms with Crippen molar-refractivity contribution in [3.63, 3.8) is 0 Å². The van der Waals surface area contributed by atoms with Crippen molar-refractivity contribution in [1.82, 2.24) is 0 Å². The summed E-state index contributed by atoms with van der Waals surface area (Å²) in [4.78, 5) is 24.3. The van der Waals surface area contributed by atoms with Crippen LogP contribution in [0.2, 0.25) is 0 Å². The van der Waals surface area contributed by atoms with E-state index in [-0.39, 0.29) is 5.69 Å². The van der Waals surface area contributed by atoms with Gasteiger partial charge in [-0.25, -0.2) is 8.78 Å². The highest BCUT2D eigenvalue weighted by Crippen LogP contribution is 2.44. The quantitative estimate of drug-likeness (QED) is 0.514. The van der Waals surface area contributed by atoms with Gasteiger partial charge in [0.05, 0.1) is 24.0 Å². The number of anilines is 1. The van der Waals surface area contributed by atoms with Gasteiger partial charge in [0.1, 0.15) is 11.5 Å². The molecule has 0 radical (unpaired) electrons. The minimum Gasteiger partial charge on any atom is -0.487 e. The lowest BCUT2D eigenvalue weighted by Crippen LogP contribution is -2.40.